The van der Waals surface area contributed by atoms with Gasteiger partial charge in [0.1, 0.15) is 0 Å². The van der Waals surface area contributed by atoms with Crippen LogP contribution in [-0.2, 0) is 14.3 Å². The normalized spacial score (nSPS) is 20.3. The molecule has 0 radical (unpaired) electrons. The second kappa shape index (κ2) is 8.62. The molecule has 2 aromatic rings. The molecule has 0 saturated heterocycles. The minimum atomic E-state index is -0.270. The molecule has 0 unspecified atom stereocenters. The number of nitrogens with one attached hydrogen (secondary N) is 1. The lowest BCUT2D eigenvalue weighted by Crippen LogP contribution is -2.34. The molecular formula is C20H26N2O3S. The van der Waals surface area contributed by atoms with Crippen molar-refractivity contribution >= 4 is 33.4 Å². The monoisotopic (exact) mass is 374 g/mol. The SMILES string of the molecule is CC(C)CNC(=O)COC(=O)[C@H]1CCCC[C@H]1c1nc2ccccc2s1. The Bertz CT molecular complexity index is 738. The number of benzene rings is 1. The molecule has 140 valence electrons. The minimum absolute atomic E-state index is 0.0902. The van der Waals surface area contributed by atoms with Crippen LogP contribution in [0.1, 0.15) is 50.5 Å². The van der Waals surface area contributed by atoms with Crippen LogP contribution in [0.3, 0.4) is 0 Å². The predicted octanol–water partition coefficient (Wildman–Crippen LogP) is 3.89. The van der Waals surface area contributed by atoms with Gasteiger partial charge >= 0.3 is 5.97 Å². The number of amides is 1. The van der Waals surface area contributed by atoms with Crippen molar-refractivity contribution in [3.8, 4) is 0 Å². The molecule has 3 rings (SSSR count). The van der Waals surface area contributed by atoms with Gasteiger partial charge in [0.2, 0.25) is 0 Å². The maximum absolute atomic E-state index is 12.6. The number of carbonyl (C=O) groups excluding carboxylic acids is 2. The zero-order chi connectivity index (χ0) is 18.5. The van der Waals surface area contributed by atoms with Crippen molar-refractivity contribution in [2.75, 3.05) is 13.2 Å². The van der Waals surface area contributed by atoms with Gasteiger partial charge in [-0.15, -0.1) is 11.3 Å². The van der Waals surface area contributed by atoms with E-state index in [0.29, 0.717) is 12.5 Å². The lowest BCUT2D eigenvalue weighted by Gasteiger charge is -2.28. The smallest absolute Gasteiger partial charge is 0.310 e. The summed E-state index contributed by atoms with van der Waals surface area (Å²) in [5.41, 5.74) is 0.984. The maximum atomic E-state index is 12.6. The van der Waals surface area contributed by atoms with Crippen LogP contribution in [0.25, 0.3) is 10.2 Å². The number of thiazole rings is 1. The van der Waals surface area contributed by atoms with Crippen LogP contribution in [0.4, 0.5) is 0 Å². The van der Waals surface area contributed by atoms with Gasteiger partial charge in [-0.05, 0) is 30.9 Å². The molecule has 0 spiro atoms. The summed E-state index contributed by atoms with van der Waals surface area (Å²) in [5, 5.41) is 3.79. The highest BCUT2D eigenvalue weighted by molar-refractivity contribution is 7.18. The third-order valence-electron chi connectivity index (χ3n) is 4.75. The molecule has 26 heavy (non-hydrogen) atoms. The second-order valence-corrected chi connectivity index (χ2v) is 8.39. The number of hydrogen-bond acceptors (Lipinski definition) is 5. The van der Waals surface area contributed by atoms with Gasteiger partial charge in [0.05, 0.1) is 21.1 Å². The van der Waals surface area contributed by atoms with Gasteiger partial charge in [0, 0.05) is 12.5 Å². The fraction of sp³-hybridized carbons (Fsp3) is 0.550. The topological polar surface area (TPSA) is 68.3 Å². The van der Waals surface area contributed by atoms with Crippen molar-refractivity contribution in [1.82, 2.24) is 10.3 Å². The summed E-state index contributed by atoms with van der Waals surface area (Å²) in [6, 6.07) is 8.05. The number of aromatic nitrogens is 1. The average molecular weight is 375 g/mol. The molecule has 1 aliphatic rings. The van der Waals surface area contributed by atoms with Crippen LogP contribution < -0.4 is 5.32 Å². The van der Waals surface area contributed by atoms with E-state index in [9.17, 15) is 9.59 Å². The van der Waals surface area contributed by atoms with Crippen molar-refractivity contribution in [1.29, 1.82) is 0 Å². The van der Waals surface area contributed by atoms with Gasteiger partial charge in [-0.25, -0.2) is 4.98 Å². The number of nitrogens with zero attached hydrogens (tertiary/aromatic N) is 1. The fourth-order valence-corrected chi connectivity index (χ4v) is 4.54. The molecule has 1 aromatic heterocycles. The van der Waals surface area contributed by atoms with Gasteiger partial charge in [0.25, 0.3) is 5.91 Å². The Morgan fingerprint density at radius 2 is 2.04 bits per heavy atom. The summed E-state index contributed by atoms with van der Waals surface area (Å²) in [5.74, 6) is -0.251. The summed E-state index contributed by atoms with van der Waals surface area (Å²) in [6.45, 7) is 4.44. The number of hydrogen-bond donors (Lipinski definition) is 1. The first-order chi connectivity index (χ1) is 12.5. The number of carbonyl (C=O) groups is 2. The first-order valence-corrected chi connectivity index (χ1v) is 10.1. The number of rotatable bonds is 6. The molecule has 0 bridgehead atoms. The fourth-order valence-electron chi connectivity index (χ4n) is 3.37. The largest absolute Gasteiger partial charge is 0.455 e. The summed E-state index contributed by atoms with van der Waals surface area (Å²) in [7, 11) is 0. The van der Waals surface area contributed by atoms with Crippen molar-refractivity contribution in [3.63, 3.8) is 0 Å². The molecule has 5 nitrogen and oxygen atoms in total. The van der Waals surface area contributed by atoms with Gasteiger partial charge < -0.3 is 10.1 Å². The van der Waals surface area contributed by atoms with E-state index in [1.54, 1.807) is 11.3 Å². The van der Waals surface area contributed by atoms with E-state index in [4.69, 9.17) is 9.72 Å². The van der Waals surface area contributed by atoms with Crippen LogP contribution in [0.2, 0.25) is 0 Å². The Kier molecular flexibility index (Phi) is 6.25. The third kappa shape index (κ3) is 4.61. The molecule has 1 N–H and O–H groups in total. The molecule has 1 aliphatic carbocycles. The molecule has 0 aliphatic heterocycles. The van der Waals surface area contributed by atoms with Gasteiger partial charge in [0.15, 0.2) is 6.61 Å². The molecule has 6 heteroatoms. The van der Waals surface area contributed by atoms with Gasteiger partial charge in [-0.2, -0.15) is 0 Å². The quantitative estimate of drug-likeness (QED) is 0.779. The Morgan fingerprint density at radius 3 is 2.81 bits per heavy atom. The van der Waals surface area contributed by atoms with Gasteiger partial charge in [-0.1, -0.05) is 38.8 Å². The van der Waals surface area contributed by atoms with Crippen molar-refractivity contribution in [2.24, 2.45) is 11.8 Å². The molecule has 1 saturated carbocycles. The molecular weight excluding hydrogens is 348 g/mol. The van der Waals surface area contributed by atoms with Crippen molar-refractivity contribution in [3.05, 3.63) is 29.3 Å². The lowest BCUT2D eigenvalue weighted by atomic mass is 9.79. The number of fused-ring (bicyclic) bond motifs is 1. The van der Waals surface area contributed by atoms with Crippen LogP contribution >= 0.6 is 11.3 Å². The predicted molar refractivity (Wildman–Crippen MR) is 103 cm³/mol. The van der Waals surface area contributed by atoms with Crippen LogP contribution in [-0.4, -0.2) is 30.0 Å². The highest BCUT2D eigenvalue weighted by Gasteiger charge is 2.35. The van der Waals surface area contributed by atoms with E-state index in [-0.39, 0.29) is 30.3 Å². The summed E-state index contributed by atoms with van der Waals surface area (Å²) < 4.78 is 6.47. The van der Waals surface area contributed by atoms with Crippen LogP contribution in [0.5, 0.6) is 0 Å². The second-order valence-electron chi connectivity index (χ2n) is 7.32. The first-order valence-electron chi connectivity index (χ1n) is 9.33. The highest BCUT2D eigenvalue weighted by Crippen LogP contribution is 2.41. The molecule has 1 aromatic carbocycles. The lowest BCUT2D eigenvalue weighted by molar-refractivity contribution is -0.154. The Labute approximate surface area is 158 Å². The zero-order valence-electron chi connectivity index (χ0n) is 15.4. The van der Waals surface area contributed by atoms with Crippen molar-refractivity contribution in [2.45, 2.75) is 45.4 Å². The van der Waals surface area contributed by atoms with Crippen LogP contribution in [0, 0.1) is 11.8 Å². The first kappa shape index (κ1) is 18.8. The van der Waals surface area contributed by atoms with E-state index >= 15 is 0 Å². The number of esters is 1. The van der Waals surface area contributed by atoms with E-state index in [1.165, 1.54) is 0 Å². The van der Waals surface area contributed by atoms with E-state index < -0.39 is 0 Å². The standard InChI is InChI=1S/C20H26N2O3S/c1-13(2)11-21-18(23)12-25-20(24)15-8-4-3-7-14(15)19-22-16-9-5-6-10-17(16)26-19/h5-6,9-10,13-15H,3-4,7-8,11-12H2,1-2H3,(H,21,23)/t14-,15+/m1/s1. The van der Waals surface area contributed by atoms with E-state index in [1.807, 2.05) is 32.0 Å². The van der Waals surface area contributed by atoms with Crippen molar-refractivity contribution < 1.29 is 14.3 Å². The molecule has 2 atom stereocenters. The summed E-state index contributed by atoms with van der Waals surface area (Å²) in [6.07, 6.45) is 3.85. The van der Waals surface area contributed by atoms with Crippen LogP contribution in [0.15, 0.2) is 24.3 Å². The maximum Gasteiger partial charge on any atom is 0.310 e. The Morgan fingerprint density at radius 1 is 1.27 bits per heavy atom. The Hall–Kier alpha value is -1.95. The van der Waals surface area contributed by atoms with E-state index in [2.05, 4.69) is 11.4 Å². The molecule has 1 amide bonds. The van der Waals surface area contributed by atoms with Gasteiger partial charge in [-0.3, -0.25) is 9.59 Å². The highest BCUT2D eigenvalue weighted by atomic mass is 32.1. The minimum Gasteiger partial charge on any atom is -0.455 e. The number of para-hydroxylation sites is 1. The van der Waals surface area contributed by atoms with E-state index in [0.717, 1.165) is 40.9 Å². The average Bonchev–Trinajstić information content (AvgIpc) is 3.08. The Balaban J connectivity index is 1.64. The molecule has 1 heterocycles. The zero-order valence-corrected chi connectivity index (χ0v) is 16.2. The number of ether oxygens (including phenoxy) is 1. The summed E-state index contributed by atoms with van der Waals surface area (Å²) >= 11 is 1.66. The third-order valence-corrected chi connectivity index (χ3v) is 5.92. The summed E-state index contributed by atoms with van der Waals surface area (Å²) in [4.78, 5) is 29.2. The molecule has 1 fully saturated rings.